The van der Waals surface area contributed by atoms with Crippen LogP contribution in [0.25, 0.3) is 0 Å². The smallest absolute Gasteiger partial charge is 0.257 e. The fourth-order valence-electron chi connectivity index (χ4n) is 1.78. The summed E-state index contributed by atoms with van der Waals surface area (Å²) in [6.45, 7) is 2.69. The van der Waals surface area contributed by atoms with Crippen LogP contribution in [0.1, 0.15) is 31.4 Å². The Labute approximate surface area is 121 Å². The zero-order chi connectivity index (χ0) is 13.8. The molecule has 19 heavy (non-hydrogen) atoms. The maximum absolute atomic E-state index is 11.6. The number of hydrogen-bond donors (Lipinski definition) is 2. The van der Waals surface area contributed by atoms with Crippen molar-refractivity contribution in [1.29, 1.82) is 0 Å². The third-order valence-corrected chi connectivity index (χ3v) is 3.60. The van der Waals surface area contributed by atoms with Gasteiger partial charge in [0, 0.05) is 22.6 Å². The molecular formula is C14H19BrN2O2. The summed E-state index contributed by atoms with van der Waals surface area (Å²) in [6.07, 6.45) is 2.45. The van der Waals surface area contributed by atoms with Crippen molar-refractivity contribution >= 4 is 21.8 Å². The van der Waals surface area contributed by atoms with Crippen LogP contribution in [0.2, 0.25) is 0 Å². The predicted molar refractivity (Wildman–Crippen MR) is 78.0 cm³/mol. The van der Waals surface area contributed by atoms with E-state index in [2.05, 4.69) is 21.2 Å². The van der Waals surface area contributed by atoms with Crippen LogP contribution in [0.5, 0.6) is 5.75 Å². The summed E-state index contributed by atoms with van der Waals surface area (Å²) in [6, 6.07) is 5.54. The molecule has 1 aliphatic carbocycles. The number of nitrogens with one attached hydrogen (secondary N) is 1. The molecule has 1 amide bonds. The maximum Gasteiger partial charge on any atom is 0.257 e. The van der Waals surface area contributed by atoms with Gasteiger partial charge in [-0.15, -0.1) is 0 Å². The van der Waals surface area contributed by atoms with Gasteiger partial charge in [-0.25, -0.2) is 0 Å². The van der Waals surface area contributed by atoms with Crippen LogP contribution in [0.15, 0.2) is 22.7 Å². The molecule has 0 saturated heterocycles. The average Bonchev–Trinajstić information content (AvgIpc) is 3.17. The van der Waals surface area contributed by atoms with Gasteiger partial charge in [0.25, 0.3) is 5.91 Å². The molecule has 104 valence electrons. The van der Waals surface area contributed by atoms with Crippen LogP contribution in [0, 0.1) is 5.92 Å². The molecule has 1 atom stereocenters. The first-order valence-corrected chi connectivity index (χ1v) is 7.30. The van der Waals surface area contributed by atoms with Crippen LogP contribution in [0.4, 0.5) is 0 Å². The number of carbonyl (C=O) groups is 1. The summed E-state index contributed by atoms with van der Waals surface area (Å²) in [4.78, 5) is 11.6. The fourth-order valence-corrected chi connectivity index (χ4v) is 2.12. The van der Waals surface area contributed by atoms with Crippen LogP contribution in [-0.2, 0) is 4.79 Å². The minimum absolute atomic E-state index is 0.0306. The number of carbonyl (C=O) groups excluding carboxylic acids is 1. The molecular weight excluding hydrogens is 308 g/mol. The van der Waals surface area contributed by atoms with Gasteiger partial charge in [-0.2, -0.15) is 0 Å². The maximum atomic E-state index is 11.6. The number of ether oxygens (including phenoxy) is 1. The van der Waals surface area contributed by atoms with E-state index in [1.807, 2.05) is 25.1 Å². The number of hydrogen-bond acceptors (Lipinski definition) is 3. The molecule has 2 rings (SSSR count). The lowest BCUT2D eigenvalue weighted by molar-refractivity contribution is -0.123. The molecule has 1 saturated carbocycles. The Morgan fingerprint density at radius 1 is 1.58 bits per heavy atom. The van der Waals surface area contributed by atoms with E-state index in [0.29, 0.717) is 11.7 Å². The van der Waals surface area contributed by atoms with E-state index in [4.69, 9.17) is 10.5 Å². The monoisotopic (exact) mass is 326 g/mol. The molecule has 0 spiro atoms. The van der Waals surface area contributed by atoms with E-state index in [1.54, 1.807) is 0 Å². The van der Waals surface area contributed by atoms with Crippen molar-refractivity contribution in [3.8, 4) is 5.75 Å². The first-order valence-electron chi connectivity index (χ1n) is 6.51. The zero-order valence-electron chi connectivity index (χ0n) is 11.0. The zero-order valence-corrected chi connectivity index (χ0v) is 12.6. The Balaban J connectivity index is 1.89. The Morgan fingerprint density at radius 2 is 2.32 bits per heavy atom. The Hall–Kier alpha value is -1.07. The van der Waals surface area contributed by atoms with Gasteiger partial charge in [0.15, 0.2) is 6.61 Å². The molecule has 1 aromatic rings. The average molecular weight is 327 g/mol. The van der Waals surface area contributed by atoms with Gasteiger partial charge in [0.1, 0.15) is 5.75 Å². The highest BCUT2D eigenvalue weighted by Gasteiger charge is 2.21. The normalized spacial score (nSPS) is 15.9. The molecule has 1 aliphatic rings. The van der Waals surface area contributed by atoms with Crippen LogP contribution >= 0.6 is 15.9 Å². The van der Waals surface area contributed by atoms with Crippen molar-refractivity contribution in [2.24, 2.45) is 11.7 Å². The van der Waals surface area contributed by atoms with Gasteiger partial charge < -0.3 is 15.8 Å². The molecule has 0 aromatic heterocycles. The second kappa shape index (κ2) is 6.39. The lowest BCUT2D eigenvalue weighted by Crippen LogP contribution is -2.30. The molecule has 0 bridgehead atoms. The largest absolute Gasteiger partial charge is 0.483 e. The number of rotatable bonds is 6. The fraction of sp³-hybridized carbons (Fsp3) is 0.500. The standard InChI is InChI=1S/C14H19BrN2O2/c1-9(16)12-5-4-11(15)6-13(12)19-8-14(18)17-7-10-2-3-10/h4-6,9-10H,2-3,7-8,16H2,1H3,(H,17,18)/t9-/m1/s1. The molecule has 0 aliphatic heterocycles. The Kier molecular flexibility index (Phi) is 4.82. The van der Waals surface area contributed by atoms with Crippen molar-refractivity contribution in [2.45, 2.75) is 25.8 Å². The highest BCUT2D eigenvalue weighted by molar-refractivity contribution is 9.10. The van der Waals surface area contributed by atoms with Crippen LogP contribution in [0.3, 0.4) is 0 Å². The van der Waals surface area contributed by atoms with Crippen molar-refractivity contribution in [2.75, 3.05) is 13.2 Å². The van der Waals surface area contributed by atoms with E-state index in [1.165, 1.54) is 12.8 Å². The summed E-state index contributed by atoms with van der Waals surface area (Å²) in [5.41, 5.74) is 6.78. The number of amides is 1. The third-order valence-electron chi connectivity index (χ3n) is 3.11. The summed E-state index contributed by atoms with van der Waals surface area (Å²) < 4.78 is 6.48. The van der Waals surface area contributed by atoms with Crippen molar-refractivity contribution in [3.05, 3.63) is 28.2 Å². The summed E-state index contributed by atoms with van der Waals surface area (Å²) in [7, 11) is 0. The van der Waals surface area contributed by atoms with E-state index in [-0.39, 0.29) is 18.6 Å². The predicted octanol–water partition coefficient (Wildman–Crippen LogP) is 2.37. The second-order valence-electron chi connectivity index (χ2n) is 5.01. The topological polar surface area (TPSA) is 64.3 Å². The van der Waals surface area contributed by atoms with Crippen LogP contribution < -0.4 is 15.8 Å². The second-order valence-corrected chi connectivity index (χ2v) is 5.92. The SMILES string of the molecule is C[C@@H](N)c1ccc(Br)cc1OCC(=O)NCC1CC1. The van der Waals surface area contributed by atoms with E-state index < -0.39 is 0 Å². The highest BCUT2D eigenvalue weighted by Crippen LogP contribution is 2.28. The van der Waals surface area contributed by atoms with Gasteiger partial charge in [0.2, 0.25) is 0 Å². The molecule has 0 heterocycles. The van der Waals surface area contributed by atoms with E-state index >= 15 is 0 Å². The first kappa shape index (κ1) is 14.3. The van der Waals surface area contributed by atoms with Crippen molar-refractivity contribution in [1.82, 2.24) is 5.32 Å². The summed E-state index contributed by atoms with van der Waals surface area (Å²) in [5, 5.41) is 2.87. The molecule has 3 N–H and O–H groups in total. The summed E-state index contributed by atoms with van der Waals surface area (Å²) >= 11 is 3.39. The van der Waals surface area contributed by atoms with Crippen molar-refractivity contribution in [3.63, 3.8) is 0 Å². The Morgan fingerprint density at radius 3 is 2.95 bits per heavy atom. The van der Waals surface area contributed by atoms with Gasteiger partial charge >= 0.3 is 0 Å². The lowest BCUT2D eigenvalue weighted by atomic mass is 10.1. The van der Waals surface area contributed by atoms with Crippen molar-refractivity contribution < 1.29 is 9.53 Å². The molecule has 0 radical (unpaired) electrons. The molecule has 4 nitrogen and oxygen atoms in total. The van der Waals surface area contributed by atoms with Gasteiger partial charge in [-0.05, 0) is 37.8 Å². The van der Waals surface area contributed by atoms with E-state index in [0.717, 1.165) is 16.6 Å². The minimum Gasteiger partial charge on any atom is -0.483 e. The van der Waals surface area contributed by atoms with E-state index in [9.17, 15) is 4.79 Å². The number of benzene rings is 1. The molecule has 0 unspecified atom stereocenters. The van der Waals surface area contributed by atoms with Gasteiger partial charge in [0.05, 0.1) is 0 Å². The molecule has 1 aromatic carbocycles. The minimum atomic E-state index is -0.127. The quantitative estimate of drug-likeness (QED) is 0.843. The van der Waals surface area contributed by atoms with Gasteiger partial charge in [-0.3, -0.25) is 4.79 Å². The number of halogens is 1. The first-order chi connectivity index (χ1) is 9.06. The summed E-state index contributed by atoms with van der Waals surface area (Å²) in [5.74, 6) is 1.25. The Bertz CT molecular complexity index is 459. The molecule has 5 heteroatoms. The number of nitrogens with two attached hydrogens (primary N) is 1. The lowest BCUT2D eigenvalue weighted by Gasteiger charge is -2.14. The molecule has 1 fully saturated rings. The van der Waals surface area contributed by atoms with Gasteiger partial charge in [-0.1, -0.05) is 22.0 Å². The highest BCUT2D eigenvalue weighted by atomic mass is 79.9. The third kappa shape index (κ3) is 4.51. The van der Waals surface area contributed by atoms with Crippen LogP contribution in [-0.4, -0.2) is 19.1 Å².